The molecule has 7 heteroatoms. The number of nitrogens with zero attached hydrogens (tertiary/aromatic N) is 1. The van der Waals surface area contributed by atoms with Gasteiger partial charge in [0.2, 0.25) is 0 Å². The van der Waals surface area contributed by atoms with Gasteiger partial charge in [0.05, 0.1) is 16.5 Å². The number of halogens is 3. The Bertz CT molecular complexity index is 697. The van der Waals surface area contributed by atoms with Crippen LogP contribution in [0.15, 0.2) is 27.8 Å². The first-order valence-electron chi connectivity index (χ1n) is 4.61. The van der Waals surface area contributed by atoms with Gasteiger partial charge in [0.1, 0.15) is 0 Å². The molecule has 1 heterocycles. The number of hydrogen-bond acceptors (Lipinski definition) is 2. The molecule has 0 aliphatic carbocycles. The summed E-state index contributed by atoms with van der Waals surface area (Å²) >= 11 is 0. The number of alkyl halides is 3. The Balaban J connectivity index is 2.86. The highest BCUT2D eigenvalue weighted by atomic mass is 19.4. The van der Waals surface area contributed by atoms with Crippen LogP contribution in [0.3, 0.4) is 0 Å². The molecule has 0 aliphatic rings. The van der Waals surface area contributed by atoms with Crippen molar-refractivity contribution >= 4 is 10.9 Å². The van der Waals surface area contributed by atoms with Gasteiger partial charge >= 0.3 is 11.9 Å². The number of nitrogens with one attached hydrogen (secondary N) is 1. The molecule has 1 aromatic heterocycles. The molecule has 1 N–H and O–H groups in total. The monoisotopic (exact) mass is 244 g/mol. The third kappa shape index (κ3) is 1.83. The van der Waals surface area contributed by atoms with E-state index in [-0.39, 0.29) is 10.9 Å². The number of aromatic amines is 1. The van der Waals surface area contributed by atoms with E-state index in [9.17, 15) is 22.8 Å². The van der Waals surface area contributed by atoms with Gasteiger partial charge in [-0.25, -0.2) is 4.79 Å². The molecule has 0 aliphatic heterocycles. The highest BCUT2D eigenvalue weighted by Gasteiger charge is 2.30. The molecule has 0 amide bonds. The van der Waals surface area contributed by atoms with Crippen molar-refractivity contribution < 1.29 is 13.2 Å². The van der Waals surface area contributed by atoms with E-state index in [0.29, 0.717) is 0 Å². The molecule has 2 aromatic rings. The molecule has 90 valence electrons. The summed E-state index contributed by atoms with van der Waals surface area (Å²) in [5.41, 5.74) is -2.40. The van der Waals surface area contributed by atoms with Gasteiger partial charge in [-0.3, -0.25) is 9.36 Å². The van der Waals surface area contributed by atoms with E-state index in [1.54, 1.807) is 0 Å². The van der Waals surface area contributed by atoms with Crippen LogP contribution in [0.25, 0.3) is 10.9 Å². The van der Waals surface area contributed by atoms with Crippen LogP contribution in [0.1, 0.15) is 5.56 Å². The minimum Gasteiger partial charge on any atom is -0.307 e. The Labute approximate surface area is 92.3 Å². The molecule has 0 bridgehead atoms. The molecule has 0 spiro atoms. The molecule has 0 fully saturated rings. The van der Waals surface area contributed by atoms with E-state index >= 15 is 0 Å². The average molecular weight is 244 g/mol. The average Bonchev–Trinajstić information content (AvgIpc) is 2.24. The van der Waals surface area contributed by atoms with Gasteiger partial charge in [-0.2, -0.15) is 13.2 Å². The summed E-state index contributed by atoms with van der Waals surface area (Å²) in [6.07, 6.45) is -4.51. The Hall–Kier alpha value is -2.05. The first kappa shape index (κ1) is 11.4. The van der Waals surface area contributed by atoms with Crippen LogP contribution in [0.4, 0.5) is 13.2 Å². The molecular formula is C10H7F3N2O2. The van der Waals surface area contributed by atoms with E-state index in [2.05, 4.69) is 4.98 Å². The van der Waals surface area contributed by atoms with Crippen molar-refractivity contribution in [2.45, 2.75) is 6.18 Å². The number of benzene rings is 1. The zero-order valence-electron chi connectivity index (χ0n) is 8.63. The predicted molar refractivity (Wildman–Crippen MR) is 54.8 cm³/mol. The molecule has 0 saturated carbocycles. The van der Waals surface area contributed by atoms with Crippen molar-refractivity contribution in [3.8, 4) is 0 Å². The molecule has 0 saturated heterocycles. The van der Waals surface area contributed by atoms with E-state index in [4.69, 9.17) is 0 Å². The normalized spacial score (nSPS) is 12.0. The summed E-state index contributed by atoms with van der Waals surface area (Å²) in [5.74, 6) is 0. The number of hydrogen-bond donors (Lipinski definition) is 1. The Morgan fingerprint density at radius 2 is 1.88 bits per heavy atom. The van der Waals surface area contributed by atoms with Crippen molar-refractivity contribution in [1.82, 2.24) is 9.55 Å². The lowest BCUT2D eigenvalue weighted by Gasteiger charge is -2.07. The maximum Gasteiger partial charge on any atom is 0.416 e. The molecule has 1 aromatic carbocycles. The lowest BCUT2D eigenvalue weighted by Crippen LogP contribution is -2.32. The maximum atomic E-state index is 12.4. The number of rotatable bonds is 0. The van der Waals surface area contributed by atoms with Gasteiger partial charge in [-0.1, -0.05) is 0 Å². The SMILES string of the molecule is Cn1c(=O)[nH]c2cc(C(F)(F)F)ccc2c1=O. The number of H-pyrrole nitrogens is 1. The second-order valence-corrected chi connectivity index (χ2v) is 3.55. The fourth-order valence-electron chi connectivity index (χ4n) is 1.48. The highest BCUT2D eigenvalue weighted by Crippen LogP contribution is 2.30. The fraction of sp³-hybridized carbons (Fsp3) is 0.200. The van der Waals surface area contributed by atoms with E-state index < -0.39 is 23.0 Å². The molecule has 4 nitrogen and oxygen atoms in total. The van der Waals surface area contributed by atoms with Crippen molar-refractivity contribution in [3.05, 3.63) is 44.6 Å². The number of fused-ring (bicyclic) bond motifs is 1. The summed E-state index contributed by atoms with van der Waals surface area (Å²) in [7, 11) is 1.25. The van der Waals surface area contributed by atoms with Crippen LogP contribution < -0.4 is 11.2 Å². The molecule has 2 rings (SSSR count). The van der Waals surface area contributed by atoms with E-state index in [1.807, 2.05) is 0 Å². The second-order valence-electron chi connectivity index (χ2n) is 3.55. The second kappa shape index (κ2) is 3.47. The van der Waals surface area contributed by atoms with Gasteiger partial charge in [0, 0.05) is 7.05 Å². The van der Waals surface area contributed by atoms with Gasteiger partial charge in [0.15, 0.2) is 0 Å². The lowest BCUT2D eigenvalue weighted by atomic mass is 10.1. The predicted octanol–water partition coefficient (Wildman–Crippen LogP) is 1.25. The van der Waals surface area contributed by atoms with E-state index in [1.165, 1.54) is 7.05 Å². The standard InChI is InChI=1S/C10H7F3N2O2/c1-15-8(16)6-3-2-5(10(11,12)13)4-7(6)14-9(15)17/h2-4H,1H3,(H,14,17). The van der Waals surface area contributed by atoms with Crippen molar-refractivity contribution in [2.75, 3.05) is 0 Å². The topological polar surface area (TPSA) is 54.9 Å². The van der Waals surface area contributed by atoms with Gasteiger partial charge in [0.25, 0.3) is 5.56 Å². The third-order valence-corrected chi connectivity index (χ3v) is 2.43. The Kier molecular flexibility index (Phi) is 2.34. The maximum absolute atomic E-state index is 12.4. The minimum atomic E-state index is -4.51. The molecule has 17 heavy (non-hydrogen) atoms. The zero-order chi connectivity index (χ0) is 12.8. The summed E-state index contributed by atoms with van der Waals surface area (Å²) in [6.45, 7) is 0. The fourth-order valence-corrected chi connectivity index (χ4v) is 1.48. The first-order chi connectivity index (χ1) is 7.80. The zero-order valence-corrected chi connectivity index (χ0v) is 8.63. The smallest absolute Gasteiger partial charge is 0.307 e. The van der Waals surface area contributed by atoms with E-state index in [0.717, 1.165) is 22.8 Å². The summed E-state index contributed by atoms with van der Waals surface area (Å²) in [5, 5.41) is 0.0418. The molecule has 0 unspecified atom stereocenters. The number of aromatic nitrogens is 2. The molecular weight excluding hydrogens is 237 g/mol. The van der Waals surface area contributed by atoms with Crippen molar-refractivity contribution in [2.24, 2.45) is 7.05 Å². The quantitative estimate of drug-likeness (QED) is 0.758. The van der Waals surface area contributed by atoms with Crippen LogP contribution in [-0.2, 0) is 13.2 Å². The third-order valence-electron chi connectivity index (χ3n) is 2.43. The molecule has 0 radical (unpaired) electrons. The summed E-state index contributed by atoms with van der Waals surface area (Å²) in [4.78, 5) is 25.0. The van der Waals surface area contributed by atoms with Crippen LogP contribution >= 0.6 is 0 Å². The van der Waals surface area contributed by atoms with Gasteiger partial charge in [-0.05, 0) is 18.2 Å². The Morgan fingerprint density at radius 1 is 1.24 bits per heavy atom. The van der Waals surface area contributed by atoms with Crippen LogP contribution in [0.2, 0.25) is 0 Å². The van der Waals surface area contributed by atoms with Crippen LogP contribution in [0, 0.1) is 0 Å². The Morgan fingerprint density at radius 3 is 2.47 bits per heavy atom. The molecule has 0 atom stereocenters. The summed E-state index contributed by atoms with van der Waals surface area (Å²) < 4.78 is 38.1. The van der Waals surface area contributed by atoms with Crippen LogP contribution in [-0.4, -0.2) is 9.55 Å². The lowest BCUT2D eigenvalue weighted by molar-refractivity contribution is -0.137. The minimum absolute atomic E-state index is 0.0418. The van der Waals surface area contributed by atoms with Gasteiger partial charge in [-0.15, -0.1) is 0 Å². The first-order valence-corrected chi connectivity index (χ1v) is 4.61. The van der Waals surface area contributed by atoms with Gasteiger partial charge < -0.3 is 4.98 Å². The van der Waals surface area contributed by atoms with Crippen LogP contribution in [0.5, 0.6) is 0 Å². The highest BCUT2D eigenvalue weighted by molar-refractivity contribution is 5.78. The largest absolute Gasteiger partial charge is 0.416 e. The van der Waals surface area contributed by atoms with Crippen molar-refractivity contribution in [3.63, 3.8) is 0 Å². The summed E-state index contributed by atoms with van der Waals surface area (Å²) in [6, 6.07) is 2.61. The van der Waals surface area contributed by atoms with Crippen molar-refractivity contribution in [1.29, 1.82) is 0 Å².